The number of hydrogen-bond acceptors (Lipinski definition) is 4. The standard InChI is InChI=1S/C11H9NO2S/c1-14-11(13)10-4-9(5-12-6-10)8-2-3-15-7-8/h2-7H,1H3. The normalized spacial score (nSPS) is 9.93. The van der Waals surface area contributed by atoms with Crippen LogP contribution in [-0.4, -0.2) is 18.1 Å². The molecule has 2 aromatic heterocycles. The zero-order chi connectivity index (χ0) is 10.7. The number of esters is 1. The number of thiophene rings is 1. The number of hydrogen-bond donors (Lipinski definition) is 0. The predicted molar refractivity (Wildman–Crippen MR) is 58.9 cm³/mol. The quantitative estimate of drug-likeness (QED) is 0.729. The lowest BCUT2D eigenvalue weighted by atomic mass is 10.1. The van der Waals surface area contributed by atoms with Crippen molar-refractivity contribution in [3.8, 4) is 11.1 Å². The van der Waals surface area contributed by atoms with E-state index in [1.807, 2.05) is 16.8 Å². The van der Waals surface area contributed by atoms with Crippen molar-refractivity contribution in [2.75, 3.05) is 7.11 Å². The van der Waals surface area contributed by atoms with Crippen LogP contribution < -0.4 is 0 Å². The Morgan fingerprint density at radius 2 is 2.27 bits per heavy atom. The lowest BCUT2D eigenvalue weighted by Gasteiger charge is -2.01. The molecule has 0 amide bonds. The largest absolute Gasteiger partial charge is 0.465 e. The van der Waals surface area contributed by atoms with Gasteiger partial charge in [-0.05, 0) is 28.5 Å². The predicted octanol–water partition coefficient (Wildman–Crippen LogP) is 2.60. The van der Waals surface area contributed by atoms with E-state index in [-0.39, 0.29) is 5.97 Å². The zero-order valence-corrected chi connectivity index (χ0v) is 8.95. The first-order chi connectivity index (χ1) is 7.31. The van der Waals surface area contributed by atoms with E-state index in [4.69, 9.17) is 0 Å². The van der Waals surface area contributed by atoms with Crippen molar-refractivity contribution < 1.29 is 9.53 Å². The van der Waals surface area contributed by atoms with Crippen LogP contribution in [-0.2, 0) is 4.74 Å². The molecular weight excluding hydrogens is 210 g/mol. The van der Waals surface area contributed by atoms with Gasteiger partial charge in [-0.15, -0.1) is 0 Å². The Bertz CT molecular complexity index is 465. The number of ether oxygens (including phenoxy) is 1. The Kier molecular flexibility index (Phi) is 2.78. The highest BCUT2D eigenvalue weighted by Gasteiger charge is 2.07. The van der Waals surface area contributed by atoms with Gasteiger partial charge in [0, 0.05) is 18.0 Å². The first-order valence-corrected chi connectivity index (χ1v) is 5.31. The van der Waals surface area contributed by atoms with Gasteiger partial charge in [0.05, 0.1) is 12.7 Å². The highest BCUT2D eigenvalue weighted by atomic mass is 32.1. The fourth-order valence-corrected chi connectivity index (χ4v) is 1.92. The van der Waals surface area contributed by atoms with Crippen molar-refractivity contribution in [1.29, 1.82) is 0 Å². The molecule has 0 saturated carbocycles. The minimum Gasteiger partial charge on any atom is -0.465 e. The molecule has 0 fully saturated rings. The van der Waals surface area contributed by atoms with Gasteiger partial charge in [-0.1, -0.05) is 0 Å². The number of rotatable bonds is 2. The van der Waals surface area contributed by atoms with Crippen molar-refractivity contribution >= 4 is 17.3 Å². The van der Waals surface area contributed by atoms with Crippen molar-refractivity contribution in [3.05, 3.63) is 40.8 Å². The molecule has 2 aromatic rings. The fraction of sp³-hybridized carbons (Fsp3) is 0.0909. The summed E-state index contributed by atoms with van der Waals surface area (Å²) >= 11 is 1.61. The van der Waals surface area contributed by atoms with Crippen LogP contribution in [0.4, 0.5) is 0 Å². The van der Waals surface area contributed by atoms with Crippen LogP contribution in [0, 0.1) is 0 Å². The third-order valence-electron chi connectivity index (χ3n) is 2.01. The minimum atomic E-state index is -0.362. The van der Waals surface area contributed by atoms with Gasteiger partial charge in [0.15, 0.2) is 0 Å². The Hall–Kier alpha value is -1.68. The molecule has 2 rings (SSSR count). The third-order valence-corrected chi connectivity index (χ3v) is 2.70. The second kappa shape index (κ2) is 4.23. The summed E-state index contributed by atoms with van der Waals surface area (Å²) in [5.41, 5.74) is 2.47. The van der Waals surface area contributed by atoms with Crippen molar-refractivity contribution in [2.24, 2.45) is 0 Å². The van der Waals surface area contributed by atoms with Gasteiger partial charge in [-0.3, -0.25) is 4.98 Å². The SMILES string of the molecule is COC(=O)c1cncc(-c2ccsc2)c1. The molecule has 3 nitrogen and oxygen atoms in total. The smallest absolute Gasteiger partial charge is 0.339 e. The molecule has 0 N–H and O–H groups in total. The third kappa shape index (κ3) is 2.05. The monoisotopic (exact) mass is 219 g/mol. The minimum absolute atomic E-state index is 0.362. The van der Waals surface area contributed by atoms with Crippen LogP contribution in [0.1, 0.15) is 10.4 Å². The summed E-state index contributed by atoms with van der Waals surface area (Å²) < 4.78 is 4.63. The lowest BCUT2D eigenvalue weighted by Crippen LogP contribution is -2.01. The molecule has 0 aromatic carbocycles. The zero-order valence-electron chi connectivity index (χ0n) is 8.14. The molecule has 76 valence electrons. The molecule has 0 aliphatic carbocycles. The number of carbonyl (C=O) groups excluding carboxylic acids is 1. The summed E-state index contributed by atoms with van der Waals surface area (Å²) in [5, 5.41) is 4.00. The number of nitrogens with zero attached hydrogens (tertiary/aromatic N) is 1. The van der Waals surface area contributed by atoms with Gasteiger partial charge in [-0.2, -0.15) is 11.3 Å². The Morgan fingerprint density at radius 3 is 2.93 bits per heavy atom. The topological polar surface area (TPSA) is 39.2 Å². The van der Waals surface area contributed by atoms with E-state index >= 15 is 0 Å². The van der Waals surface area contributed by atoms with E-state index in [0.717, 1.165) is 11.1 Å². The van der Waals surface area contributed by atoms with Crippen LogP contribution in [0.2, 0.25) is 0 Å². The fourth-order valence-electron chi connectivity index (χ4n) is 1.26. The van der Waals surface area contributed by atoms with E-state index < -0.39 is 0 Å². The molecule has 0 atom stereocenters. The number of pyridine rings is 1. The molecule has 0 spiro atoms. The van der Waals surface area contributed by atoms with Crippen LogP contribution in [0.3, 0.4) is 0 Å². The second-order valence-electron chi connectivity index (χ2n) is 2.97. The summed E-state index contributed by atoms with van der Waals surface area (Å²) in [6.07, 6.45) is 3.23. The van der Waals surface area contributed by atoms with Crippen LogP contribution in [0.5, 0.6) is 0 Å². The summed E-state index contributed by atoms with van der Waals surface area (Å²) in [5.74, 6) is -0.362. The molecule has 0 unspecified atom stereocenters. The van der Waals surface area contributed by atoms with Gasteiger partial charge >= 0.3 is 5.97 Å². The molecule has 15 heavy (non-hydrogen) atoms. The molecule has 2 heterocycles. The Balaban J connectivity index is 2.39. The maximum absolute atomic E-state index is 11.3. The molecule has 0 bridgehead atoms. The van der Waals surface area contributed by atoms with E-state index in [1.165, 1.54) is 13.3 Å². The first kappa shape index (κ1) is 9.86. The molecule has 4 heteroatoms. The molecule has 0 aliphatic heterocycles. The number of aromatic nitrogens is 1. The molecule has 0 radical (unpaired) electrons. The summed E-state index contributed by atoms with van der Waals surface area (Å²) in [6, 6.07) is 3.77. The van der Waals surface area contributed by atoms with Gasteiger partial charge < -0.3 is 4.74 Å². The number of methoxy groups -OCH3 is 1. The van der Waals surface area contributed by atoms with Crippen LogP contribution >= 0.6 is 11.3 Å². The average molecular weight is 219 g/mol. The van der Waals surface area contributed by atoms with E-state index in [9.17, 15) is 4.79 Å². The Morgan fingerprint density at radius 1 is 1.40 bits per heavy atom. The van der Waals surface area contributed by atoms with Crippen molar-refractivity contribution in [1.82, 2.24) is 4.98 Å². The maximum Gasteiger partial charge on any atom is 0.339 e. The van der Waals surface area contributed by atoms with Gasteiger partial charge in [0.1, 0.15) is 0 Å². The van der Waals surface area contributed by atoms with Crippen molar-refractivity contribution in [3.63, 3.8) is 0 Å². The van der Waals surface area contributed by atoms with E-state index in [1.54, 1.807) is 23.6 Å². The maximum atomic E-state index is 11.3. The average Bonchev–Trinajstić information content (AvgIpc) is 2.82. The molecule has 0 saturated heterocycles. The van der Waals surface area contributed by atoms with Crippen molar-refractivity contribution in [2.45, 2.75) is 0 Å². The number of carbonyl (C=O) groups is 1. The van der Waals surface area contributed by atoms with E-state index in [0.29, 0.717) is 5.56 Å². The summed E-state index contributed by atoms with van der Waals surface area (Å²) in [6.45, 7) is 0. The second-order valence-corrected chi connectivity index (χ2v) is 3.75. The Labute approximate surface area is 91.4 Å². The molecular formula is C11H9NO2S. The lowest BCUT2D eigenvalue weighted by molar-refractivity contribution is 0.0600. The summed E-state index contributed by atoms with van der Waals surface area (Å²) in [7, 11) is 1.36. The highest BCUT2D eigenvalue weighted by molar-refractivity contribution is 7.08. The van der Waals surface area contributed by atoms with Crippen LogP contribution in [0.15, 0.2) is 35.3 Å². The molecule has 0 aliphatic rings. The van der Waals surface area contributed by atoms with Gasteiger partial charge in [-0.25, -0.2) is 4.79 Å². The van der Waals surface area contributed by atoms with Gasteiger partial charge in [0.2, 0.25) is 0 Å². The van der Waals surface area contributed by atoms with Gasteiger partial charge in [0.25, 0.3) is 0 Å². The van der Waals surface area contributed by atoms with Crippen LogP contribution in [0.25, 0.3) is 11.1 Å². The first-order valence-electron chi connectivity index (χ1n) is 4.37. The highest BCUT2D eigenvalue weighted by Crippen LogP contribution is 2.21. The summed E-state index contributed by atoms with van der Waals surface area (Å²) in [4.78, 5) is 15.3. The van der Waals surface area contributed by atoms with E-state index in [2.05, 4.69) is 9.72 Å².